The number of carbonyl (C=O) groups is 1. The predicted octanol–water partition coefficient (Wildman–Crippen LogP) is 3.59. The molecular formula is C26H28Cl2N8O3. The fourth-order valence-electron chi connectivity index (χ4n) is 3.86. The first-order valence-electron chi connectivity index (χ1n) is 12.0. The molecule has 1 aromatic carbocycles. The zero-order valence-corrected chi connectivity index (χ0v) is 23.4. The predicted molar refractivity (Wildman–Crippen MR) is 155 cm³/mol. The van der Waals surface area contributed by atoms with Crippen LogP contribution in [0, 0.1) is 0 Å². The number of nitrogens with zero attached hydrogens (tertiary/aromatic N) is 5. The lowest BCUT2D eigenvalue weighted by atomic mass is 10.0. The number of nitrogens with two attached hydrogens (primary N) is 1. The van der Waals surface area contributed by atoms with E-state index >= 15 is 0 Å². The number of halogens is 2. The largest absolute Gasteiger partial charge is 0.412 e. The quantitative estimate of drug-likeness (QED) is 0.257. The molecule has 0 bridgehead atoms. The van der Waals surface area contributed by atoms with Crippen molar-refractivity contribution in [3.8, 4) is 11.1 Å². The summed E-state index contributed by atoms with van der Waals surface area (Å²) in [6, 6.07) is 8.03. The molecular weight excluding hydrogens is 543 g/mol. The molecule has 0 radical (unpaired) electrons. The second kappa shape index (κ2) is 11.9. The number of aryl methyl sites for hydroxylation is 1. The standard InChI is InChI=1S/C26H28Cl2N8O3/c1-5-15-11-19(21(29)22(28)32-15)24(37)33-16-6-7-20(27)17(12-16)18-10-14-13-31-26(30-8-9-35(2)3)34-23(14)36(39-4)25(18)38/h6-7,10-13H,5,8-9,29H2,1-4H3,(H,33,37)(H,30,31,34). The van der Waals surface area contributed by atoms with Gasteiger partial charge in [-0.1, -0.05) is 30.1 Å². The summed E-state index contributed by atoms with van der Waals surface area (Å²) in [4.78, 5) is 46.9. The van der Waals surface area contributed by atoms with Gasteiger partial charge >= 0.3 is 0 Å². The number of anilines is 3. The molecule has 0 saturated carbocycles. The lowest BCUT2D eigenvalue weighted by Crippen LogP contribution is -2.28. The molecule has 0 aliphatic carbocycles. The summed E-state index contributed by atoms with van der Waals surface area (Å²) in [6.07, 6.45) is 2.18. The third-order valence-corrected chi connectivity index (χ3v) is 6.53. The van der Waals surface area contributed by atoms with E-state index in [1.54, 1.807) is 36.5 Å². The highest BCUT2D eigenvalue weighted by atomic mass is 35.5. The van der Waals surface area contributed by atoms with Crippen LogP contribution >= 0.6 is 23.2 Å². The van der Waals surface area contributed by atoms with Gasteiger partial charge in [0.1, 0.15) is 7.11 Å². The number of rotatable bonds is 9. The minimum absolute atomic E-state index is 0.0610. The van der Waals surface area contributed by atoms with Crippen molar-refractivity contribution in [2.24, 2.45) is 0 Å². The molecule has 13 heteroatoms. The van der Waals surface area contributed by atoms with E-state index in [9.17, 15) is 9.59 Å². The van der Waals surface area contributed by atoms with Gasteiger partial charge < -0.3 is 26.1 Å². The Kier molecular flexibility index (Phi) is 8.54. The van der Waals surface area contributed by atoms with Crippen molar-refractivity contribution in [3.05, 3.63) is 68.3 Å². The molecule has 0 fully saturated rings. The molecule has 0 unspecified atom stereocenters. The Morgan fingerprint density at radius 2 is 1.92 bits per heavy atom. The molecule has 4 N–H and O–H groups in total. The van der Waals surface area contributed by atoms with Gasteiger partial charge in [0, 0.05) is 46.6 Å². The highest BCUT2D eigenvalue weighted by Gasteiger charge is 2.19. The van der Waals surface area contributed by atoms with Gasteiger partial charge in [-0.05, 0) is 50.8 Å². The van der Waals surface area contributed by atoms with Crippen LogP contribution in [0.4, 0.5) is 17.3 Å². The molecule has 4 rings (SSSR count). The van der Waals surface area contributed by atoms with Crippen LogP contribution in [0.2, 0.25) is 10.2 Å². The van der Waals surface area contributed by atoms with Crippen LogP contribution < -0.4 is 26.8 Å². The van der Waals surface area contributed by atoms with E-state index in [1.807, 2.05) is 25.9 Å². The number of amides is 1. The molecule has 0 atom stereocenters. The lowest BCUT2D eigenvalue weighted by Gasteiger charge is -2.14. The summed E-state index contributed by atoms with van der Waals surface area (Å²) in [7, 11) is 5.30. The number of fused-ring (bicyclic) bond motifs is 1. The van der Waals surface area contributed by atoms with Crippen LogP contribution in [0.1, 0.15) is 23.0 Å². The maximum Gasteiger partial charge on any atom is 0.293 e. The highest BCUT2D eigenvalue weighted by molar-refractivity contribution is 6.34. The van der Waals surface area contributed by atoms with Crippen molar-refractivity contribution in [3.63, 3.8) is 0 Å². The van der Waals surface area contributed by atoms with Gasteiger partial charge in [0.05, 0.1) is 16.8 Å². The molecule has 11 nitrogen and oxygen atoms in total. The van der Waals surface area contributed by atoms with Gasteiger partial charge in [0.25, 0.3) is 11.5 Å². The number of hydrogen-bond acceptors (Lipinski definition) is 9. The molecule has 4 aromatic rings. The Morgan fingerprint density at radius 3 is 2.62 bits per heavy atom. The summed E-state index contributed by atoms with van der Waals surface area (Å²) in [5.41, 5.74) is 7.75. The van der Waals surface area contributed by atoms with E-state index < -0.39 is 11.5 Å². The molecule has 0 spiro atoms. The lowest BCUT2D eigenvalue weighted by molar-refractivity contribution is 0.102. The molecule has 39 heavy (non-hydrogen) atoms. The number of pyridine rings is 2. The van der Waals surface area contributed by atoms with Crippen molar-refractivity contribution in [2.75, 3.05) is 50.7 Å². The summed E-state index contributed by atoms with van der Waals surface area (Å²) in [6.45, 7) is 3.30. The van der Waals surface area contributed by atoms with Crippen molar-refractivity contribution in [1.82, 2.24) is 24.6 Å². The molecule has 0 aliphatic rings. The summed E-state index contributed by atoms with van der Waals surface area (Å²) in [5, 5.41) is 6.84. The Morgan fingerprint density at radius 1 is 1.15 bits per heavy atom. The maximum absolute atomic E-state index is 13.5. The van der Waals surface area contributed by atoms with Gasteiger partial charge in [0.15, 0.2) is 10.8 Å². The number of aromatic nitrogens is 4. The minimum Gasteiger partial charge on any atom is -0.412 e. The maximum atomic E-state index is 13.5. The topological polar surface area (TPSA) is 140 Å². The number of hydrogen-bond donors (Lipinski definition) is 3. The number of carbonyl (C=O) groups excluding carboxylic acids is 1. The third-order valence-electron chi connectivity index (χ3n) is 5.91. The second-order valence-corrected chi connectivity index (χ2v) is 9.68. The summed E-state index contributed by atoms with van der Waals surface area (Å²) < 4.78 is 1.08. The molecule has 0 saturated heterocycles. The highest BCUT2D eigenvalue weighted by Crippen LogP contribution is 2.31. The number of nitrogens with one attached hydrogen (secondary N) is 2. The van der Waals surface area contributed by atoms with Crippen LogP contribution in [0.25, 0.3) is 22.2 Å². The minimum atomic E-state index is -0.480. The second-order valence-electron chi connectivity index (χ2n) is 8.91. The molecule has 1 amide bonds. The molecule has 3 aromatic heterocycles. The molecule has 3 heterocycles. The smallest absolute Gasteiger partial charge is 0.293 e. The first-order valence-corrected chi connectivity index (χ1v) is 12.8. The zero-order chi connectivity index (χ0) is 28.3. The summed E-state index contributed by atoms with van der Waals surface area (Å²) >= 11 is 12.6. The molecule has 204 valence electrons. The van der Waals surface area contributed by atoms with Crippen LogP contribution in [0.3, 0.4) is 0 Å². The zero-order valence-electron chi connectivity index (χ0n) is 21.9. The van der Waals surface area contributed by atoms with Crippen LogP contribution in [-0.2, 0) is 6.42 Å². The third kappa shape index (κ3) is 6.06. The van der Waals surface area contributed by atoms with E-state index in [0.717, 1.165) is 11.3 Å². The van der Waals surface area contributed by atoms with Crippen LogP contribution in [-0.4, -0.2) is 64.8 Å². The van der Waals surface area contributed by atoms with Gasteiger partial charge in [0.2, 0.25) is 5.95 Å². The van der Waals surface area contributed by atoms with Crippen molar-refractivity contribution >= 4 is 57.5 Å². The van der Waals surface area contributed by atoms with E-state index in [-0.39, 0.29) is 22.0 Å². The van der Waals surface area contributed by atoms with Crippen LogP contribution in [0.15, 0.2) is 41.3 Å². The van der Waals surface area contributed by atoms with Gasteiger partial charge in [-0.3, -0.25) is 9.59 Å². The summed E-state index contributed by atoms with van der Waals surface area (Å²) in [5.74, 6) is -0.109. The first-order chi connectivity index (χ1) is 18.6. The fourth-order valence-corrected chi connectivity index (χ4v) is 4.29. The SMILES string of the molecule is CCc1cc(C(=O)Nc2ccc(Cl)c(-c3cc4cnc(NCCN(C)C)nc4n(OC)c3=O)c2)c(N)c(Cl)n1. The average Bonchev–Trinajstić information content (AvgIpc) is 2.90. The van der Waals surface area contributed by atoms with E-state index in [4.69, 9.17) is 33.8 Å². The van der Waals surface area contributed by atoms with E-state index in [1.165, 1.54) is 7.11 Å². The first kappa shape index (κ1) is 28.1. The van der Waals surface area contributed by atoms with Crippen LogP contribution in [0.5, 0.6) is 0 Å². The monoisotopic (exact) mass is 570 g/mol. The normalized spacial score (nSPS) is 11.2. The Bertz CT molecular complexity index is 1610. The van der Waals surface area contributed by atoms with Gasteiger partial charge in [-0.25, -0.2) is 9.97 Å². The Balaban J connectivity index is 1.71. The average molecular weight is 571 g/mol. The number of nitrogen functional groups attached to an aromatic ring is 1. The van der Waals surface area contributed by atoms with E-state index in [2.05, 4.69) is 25.6 Å². The van der Waals surface area contributed by atoms with Crippen molar-refractivity contribution in [2.45, 2.75) is 13.3 Å². The molecule has 0 aliphatic heterocycles. The van der Waals surface area contributed by atoms with Crippen molar-refractivity contribution in [1.29, 1.82) is 0 Å². The fraction of sp³-hybridized carbons (Fsp3) is 0.269. The Labute approximate surface area is 234 Å². The number of likely N-dealkylation sites (N-methyl/N-ethyl adjacent to an activating group) is 1. The van der Waals surface area contributed by atoms with Gasteiger partial charge in [-0.15, -0.1) is 4.73 Å². The Hall–Kier alpha value is -3.93. The van der Waals surface area contributed by atoms with E-state index in [0.29, 0.717) is 51.9 Å². The van der Waals surface area contributed by atoms with Gasteiger partial charge in [-0.2, -0.15) is 4.98 Å². The number of benzene rings is 1. The van der Waals surface area contributed by atoms with Crippen molar-refractivity contribution < 1.29 is 9.63 Å².